The summed E-state index contributed by atoms with van der Waals surface area (Å²) in [6.45, 7) is 19.8. The minimum absolute atomic E-state index is 0.0914. The highest BCUT2D eigenvalue weighted by Gasteiger charge is 2.27. The van der Waals surface area contributed by atoms with E-state index in [2.05, 4.69) is 42.2 Å². The van der Waals surface area contributed by atoms with E-state index < -0.39 is 58.8 Å². The number of nitrogens with zero attached hydrogens (tertiary/aromatic N) is 1. The van der Waals surface area contributed by atoms with Crippen LogP contribution in [0.5, 0.6) is 0 Å². The Kier molecular flexibility index (Phi) is 22.1. The first kappa shape index (κ1) is 46.9. The molecule has 1 atom stereocenters. The average molecular weight is 729 g/mol. The molecule has 0 saturated heterocycles. The van der Waals surface area contributed by atoms with Gasteiger partial charge in [0.25, 0.3) is 11.8 Å². The van der Waals surface area contributed by atoms with E-state index in [-0.39, 0.29) is 5.96 Å². The lowest BCUT2D eigenvalue weighted by Gasteiger charge is -2.22. The second kappa shape index (κ2) is 24.1. The van der Waals surface area contributed by atoms with Crippen molar-refractivity contribution in [2.24, 2.45) is 4.99 Å². The van der Waals surface area contributed by atoms with Crippen molar-refractivity contribution in [2.75, 3.05) is 39.3 Å². The molecule has 0 aromatic carbocycles. The van der Waals surface area contributed by atoms with E-state index in [1.807, 2.05) is 0 Å². The quantitative estimate of drug-likeness (QED) is 0.0338. The van der Waals surface area contributed by atoms with Crippen LogP contribution >= 0.6 is 0 Å². The number of rotatable bonds is 19. The first-order valence-electron chi connectivity index (χ1n) is 17.6. The Balaban J connectivity index is 4.47. The number of aliphatic imine (C=N–C) groups is 1. The lowest BCUT2D eigenvalue weighted by atomic mass is 10.2. The summed E-state index contributed by atoms with van der Waals surface area (Å²) in [5, 5.41) is 18.7. The van der Waals surface area contributed by atoms with E-state index >= 15 is 0 Å². The molecule has 0 aliphatic heterocycles. The second-order valence-electron chi connectivity index (χ2n) is 14.9. The number of alkyl carbamates (subject to hydrolysis) is 3. The molecule has 0 aliphatic rings. The number of carbonyl (C=O) groups excluding carboxylic acids is 6. The van der Waals surface area contributed by atoms with E-state index in [1.165, 1.54) is 6.92 Å². The lowest BCUT2D eigenvalue weighted by Crippen LogP contribution is -2.55. The van der Waals surface area contributed by atoms with Crippen LogP contribution in [0.15, 0.2) is 4.99 Å². The summed E-state index contributed by atoms with van der Waals surface area (Å²) in [4.78, 5) is 77.4. The van der Waals surface area contributed by atoms with Crippen LogP contribution in [-0.2, 0) is 28.6 Å². The fraction of sp³-hybridized carbons (Fsp3) is 0.794. The van der Waals surface area contributed by atoms with Crippen LogP contribution in [0, 0.1) is 0 Å². The molecule has 0 heterocycles. The number of hydrogen-bond acceptors (Lipinski definition) is 11. The number of amides is 6. The van der Waals surface area contributed by atoms with Crippen LogP contribution in [0.25, 0.3) is 0 Å². The zero-order valence-electron chi connectivity index (χ0n) is 32.4. The Morgan fingerprint density at radius 1 is 0.529 bits per heavy atom. The minimum atomic E-state index is -1.35. The van der Waals surface area contributed by atoms with Gasteiger partial charge in [-0.2, -0.15) is 0 Å². The normalized spacial score (nSPS) is 12.0. The highest BCUT2D eigenvalue weighted by atomic mass is 16.6. The molecule has 1 unspecified atom stereocenters. The first-order valence-corrected chi connectivity index (χ1v) is 17.6. The predicted molar refractivity (Wildman–Crippen MR) is 194 cm³/mol. The molecule has 6 amide bonds. The van der Waals surface area contributed by atoms with Crippen molar-refractivity contribution in [2.45, 2.75) is 137 Å². The van der Waals surface area contributed by atoms with Gasteiger partial charge in [-0.25, -0.2) is 14.4 Å². The maximum Gasteiger partial charge on any atom is 0.414 e. The van der Waals surface area contributed by atoms with Gasteiger partial charge in [-0.3, -0.25) is 30.0 Å². The number of carbonyl (C=O) groups is 6. The van der Waals surface area contributed by atoms with E-state index in [4.69, 9.17) is 14.2 Å². The van der Waals surface area contributed by atoms with Crippen LogP contribution in [0.2, 0.25) is 0 Å². The van der Waals surface area contributed by atoms with Crippen molar-refractivity contribution in [3.05, 3.63) is 0 Å². The fourth-order valence-electron chi connectivity index (χ4n) is 3.99. The van der Waals surface area contributed by atoms with Crippen molar-refractivity contribution in [3.63, 3.8) is 0 Å². The molecular weight excluding hydrogens is 664 g/mol. The minimum Gasteiger partial charge on any atom is -0.444 e. The highest BCUT2D eigenvalue weighted by molar-refractivity contribution is 6.06. The Morgan fingerprint density at radius 3 is 1.43 bits per heavy atom. The van der Waals surface area contributed by atoms with Crippen molar-refractivity contribution in [3.8, 4) is 0 Å². The fourth-order valence-corrected chi connectivity index (χ4v) is 3.99. The summed E-state index contributed by atoms with van der Waals surface area (Å²) in [6.07, 6.45) is 2.91. The summed E-state index contributed by atoms with van der Waals surface area (Å²) in [7, 11) is 0. The molecule has 0 aromatic heterocycles. The Labute approximate surface area is 303 Å². The van der Waals surface area contributed by atoms with Gasteiger partial charge in [0, 0.05) is 33.1 Å². The maximum atomic E-state index is 12.7. The van der Waals surface area contributed by atoms with Crippen LogP contribution in [0.3, 0.4) is 0 Å². The highest BCUT2D eigenvalue weighted by Crippen LogP contribution is 2.08. The first-order chi connectivity index (χ1) is 23.6. The van der Waals surface area contributed by atoms with E-state index in [9.17, 15) is 28.8 Å². The van der Waals surface area contributed by atoms with Gasteiger partial charge in [0.2, 0.25) is 11.9 Å². The van der Waals surface area contributed by atoms with Crippen molar-refractivity contribution >= 4 is 42.0 Å². The lowest BCUT2D eigenvalue weighted by molar-refractivity contribution is -0.136. The number of unbranched alkanes of at least 4 members (excludes halogenated alkanes) is 4. The third kappa shape index (κ3) is 29.3. The topological polar surface area (TPSA) is 227 Å². The third-order valence-corrected chi connectivity index (χ3v) is 6.04. The molecule has 0 aliphatic carbocycles. The average Bonchev–Trinajstić information content (AvgIpc) is 2.94. The molecular formula is C34H64N8O9. The van der Waals surface area contributed by atoms with Gasteiger partial charge >= 0.3 is 18.3 Å². The largest absolute Gasteiger partial charge is 0.444 e. The number of guanidine groups is 1. The third-order valence-electron chi connectivity index (χ3n) is 6.04. The Bertz CT molecular complexity index is 1110. The van der Waals surface area contributed by atoms with Gasteiger partial charge in [0.1, 0.15) is 16.8 Å². The molecule has 294 valence electrons. The molecule has 17 nitrogen and oxygen atoms in total. The molecule has 0 aromatic rings. The molecule has 0 fully saturated rings. The van der Waals surface area contributed by atoms with Crippen LogP contribution < -0.4 is 37.2 Å². The van der Waals surface area contributed by atoms with Crippen LogP contribution in [-0.4, -0.2) is 104 Å². The predicted octanol–water partition coefficient (Wildman–Crippen LogP) is 2.97. The van der Waals surface area contributed by atoms with Gasteiger partial charge in [-0.15, -0.1) is 0 Å². The second-order valence-corrected chi connectivity index (χ2v) is 14.9. The van der Waals surface area contributed by atoms with Crippen molar-refractivity contribution in [1.82, 2.24) is 37.2 Å². The van der Waals surface area contributed by atoms with E-state index in [0.717, 1.165) is 32.2 Å². The summed E-state index contributed by atoms with van der Waals surface area (Å²) in [5.74, 6) is -1.78. The zero-order valence-corrected chi connectivity index (χ0v) is 32.4. The molecule has 0 spiro atoms. The molecule has 0 saturated carbocycles. The van der Waals surface area contributed by atoms with E-state index in [0.29, 0.717) is 52.0 Å². The molecule has 17 heteroatoms. The summed E-state index contributed by atoms with van der Waals surface area (Å²) in [5.41, 5.74) is -2.02. The SMILES string of the molecule is CC(=O)NC(C(=O)NCCCCCCN=C(NC(=O)OC(C)(C)C)NC(=O)OC(C)(C)C)C(=O)NCCCCNCCCNC(=O)OC(C)(C)C. The van der Waals surface area contributed by atoms with Crippen molar-refractivity contribution < 1.29 is 43.0 Å². The van der Waals surface area contributed by atoms with Crippen molar-refractivity contribution in [1.29, 1.82) is 0 Å². The van der Waals surface area contributed by atoms with Gasteiger partial charge in [0.05, 0.1) is 0 Å². The summed E-state index contributed by atoms with van der Waals surface area (Å²) < 4.78 is 15.7. The number of nitrogens with one attached hydrogen (secondary N) is 7. The van der Waals surface area contributed by atoms with Crippen LogP contribution in [0.1, 0.15) is 114 Å². The zero-order chi connectivity index (χ0) is 39.1. The molecule has 0 rings (SSSR count). The van der Waals surface area contributed by atoms with Gasteiger partial charge < -0.3 is 40.8 Å². The molecule has 7 N–H and O–H groups in total. The maximum absolute atomic E-state index is 12.7. The standard InChI is InChI=1S/C34H64N8O9/c1-24(43)40-25(27(45)37-21-16-15-18-35-19-17-23-39-29(46)49-32(2,3)4)26(44)36-20-13-11-12-14-22-38-28(41-30(47)50-33(5,6)7)42-31(48)51-34(8,9)10/h25,35H,11-23H2,1-10H3,(H,36,44)(H,37,45)(H,39,46)(H,40,43)(H2,38,41,42,47,48). The molecule has 0 radical (unpaired) electrons. The number of hydrogen-bond donors (Lipinski definition) is 7. The van der Waals surface area contributed by atoms with Gasteiger partial charge in [-0.05, 0) is 108 Å². The Hall–Kier alpha value is -4.15. The van der Waals surface area contributed by atoms with Crippen LogP contribution in [0.4, 0.5) is 14.4 Å². The molecule has 0 bridgehead atoms. The summed E-state index contributed by atoms with van der Waals surface area (Å²) >= 11 is 0. The van der Waals surface area contributed by atoms with E-state index in [1.54, 1.807) is 62.3 Å². The Morgan fingerprint density at radius 2 is 0.941 bits per heavy atom. The summed E-state index contributed by atoms with van der Waals surface area (Å²) in [6, 6.07) is -1.35. The molecule has 51 heavy (non-hydrogen) atoms. The van der Waals surface area contributed by atoms with Gasteiger partial charge in [0.15, 0.2) is 6.04 Å². The smallest absolute Gasteiger partial charge is 0.414 e. The van der Waals surface area contributed by atoms with Gasteiger partial charge in [-0.1, -0.05) is 12.8 Å². The monoisotopic (exact) mass is 728 g/mol. The number of ether oxygens (including phenoxy) is 3.